The van der Waals surface area contributed by atoms with Crippen LogP contribution in [0.4, 0.5) is 0 Å². The summed E-state index contributed by atoms with van der Waals surface area (Å²) in [5, 5.41) is 9.04. The number of hydrogen-bond donors (Lipinski definition) is 1. The maximum absolute atomic E-state index is 12.4. The van der Waals surface area contributed by atoms with Gasteiger partial charge in [0.2, 0.25) is 0 Å². The van der Waals surface area contributed by atoms with E-state index in [1.54, 1.807) is 36.4 Å². The quantitative estimate of drug-likeness (QED) is 0.869. The normalized spacial score (nSPS) is 15.1. The Kier molecular flexibility index (Phi) is 3.06. The van der Waals surface area contributed by atoms with Gasteiger partial charge in [-0.05, 0) is 24.3 Å². The third kappa shape index (κ3) is 2.10. The molecule has 0 radical (unpaired) electrons. The molecular weight excluding hydrogens is 274 g/mol. The van der Waals surface area contributed by atoms with E-state index in [1.165, 1.54) is 6.26 Å². The van der Waals surface area contributed by atoms with Gasteiger partial charge >= 0.3 is 5.97 Å². The first kappa shape index (κ1) is 13.1. The first-order valence-electron chi connectivity index (χ1n) is 6.31. The lowest BCUT2D eigenvalue weighted by Crippen LogP contribution is -2.35. The Bertz CT molecular complexity index is 684. The van der Waals surface area contributed by atoms with Crippen LogP contribution in [0.5, 0.6) is 0 Å². The van der Waals surface area contributed by atoms with Gasteiger partial charge in [0.15, 0.2) is 0 Å². The lowest BCUT2D eigenvalue weighted by Gasteiger charge is -2.22. The molecular formula is C15H11NO5. The van der Waals surface area contributed by atoms with E-state index in [2.05, 4.69) is 0 Å². The molecule has 106 valence electrons. The lowest BCUT2D eigenvalue weighted by atomic mass is 10.1. The zero-order valence-electron chi connectivity index (χ0n) is 10.9. The van der Waals surface area contributed by atoms with Crippen molar-refractivity contribution in [1.29, 1.82) is 0 Å². The van der Waals surface area contributed by atoms with Gasteiger partial charge in [-0.25, -0.2) is 0 Å². The largest absolute Gasteiger partial charge is 0.481 e. The van der Waals surface area contributed by atoms with E-state index in [4.69, 9.17) is 9.52 Å². The zero-order chi connectivity index (χ0) is 15.0. The Labute approximate surface area is 119 Å². The molecule has 0 saturated carbocycles. The summed E-state index contributed by atoms with van der Waals surface area (Å²) in [7, 11) is 0. The van der Waals surface area contributed by atoms with Crippen LogP contribution in [0.3, 0.4) is 0 Å². The molecule has 3 rings (SSSR count). The van der Waals surface area contributed by atoms with Gasteiger partial charge in [-0.2, -0.15) is 0 Å². The minimum atomic E-state index is -1.12. The third-order valence-electron chi connectivity index (χ3n) is 3.38. The van der Waals surface area contributed by atoms with E-state index in [0.717, 1.165) is 4.90 Å². The average molecular weight is 285 g/mol. The van der Waals surface area contributed by atoms with E-state index in [0.29, 0.717) is 0 Å². The predicted octanol–water partition coefficient (Wildman–Crippen LogP) is 2.09. The maximum Gasteiger partial charge on any atom is 0.305 e. The Hall–Kier alpha value is -2.89. The second-order valence-electron chi connectivity index (χ2n) is 4.65. The molecule has 1 atom stereocenters. The molecule has 1 aliphatic heterocycles. The highest BCUT2D eigenvalue weighted by atomic mass is 16.4. The van der Waals surface area contributed by atoms with Crippen LogP contribution in [0.25, 0.3) is 0 Å². The summed E-state index contributed by atoms with van der Waals surface area (Å²) in [6.45, 7) is 0. The lowest BCUT2D eigenvalue weighted by molar-refractivity contribution is -0.138. The van der Waals surface area contributed by atoms with Crippen molar-refractivity contribution in [1.82, 2.24) is 4.90 Å². The summed E-state index contributed by atoms with van der Waals surface area (Å²) >= 11 is 0. The van der Waals surface area contributed by atoms with Crippen molar-refractivity contribution < 1.29 is 23.9 Å². The van der Waals surface area contributed by atoms with Crippen molar-refractivity contribution >= 4 is 17.8 Å². The van der Waals surface area contributed by atoms with Gasteiger partial charge in [-0.15, -0.1) is 0 Å². The second kappa shape index (κ2) is 4.90. The molecule has 6 nitrogen and oxygen atoms in total. The summed E-state index contributed by atoms with van der Waals surface area (Å²) in [6.07, 6.45) is 0.974. The number of fused-ring (bicyclic) bond motifs is 1. The smallest absolute Gasteiger partial charge is 0.305 e. The monoisotopic (exact) mass is 285 g/mol. The number of carbonyl (C=O) groups is 3. The summed E-state index contributed by atoms with van der Waals surface area (Å²) in [5.41, 5.74) is 0.564. The van der Waals surface area contributed by atoms with Crippen molar-refractivity contribution in [3.63, 3.8) is 0 Å². The van der Waals surface area contributed by atoms with E-state index in [-0.39, 0.29) is 16.9 Å². The van der Waals surface area contributed by atoms with Crippen LogP contribution in [-0.2, 0) is 4.79 Å². The van der Waals surface area contributed by atoms with Crippen molar-refractivity contribution in [3.05, 3.63) is 59.5 Å². The number of aliphatic carboxylic acids is 1. The number of nitrogens with zero attached hydrogens (tertiary/aromatic N) is 1. The van der Waals surface area contributed by atoms with E-state index < -0.39 is 30.2 Å². The Morgan fingerprint density at radius 3 is 2.19 bits per heavy atom. The summed E-state index contributed by atoms with van der Waals surface area (Å²) in [4.78, 5) is 36.8. The molecule has 0 bridgehead atoms. The topological polar surface area (TPSA) is 87.8 Å². The van der Waals surface area contributed by atoms with Gasteiger partial charge in [-0.3, -0.25) is 19.3 Å². The fourth-order valence-corrected chi connectivity index (χ4v) is 2.46. The second-order valence-corrected chi connectivity index (χ2v) is 4.65. The standard InChI is InChI=1S/C15H11NO5/c17-13(18)8-11(12-6-3-7-21-12)16-14(19)9-4-1-2-5-10(9)15(16)20/h1-7,11H,8H2,(H,17,18). The van der Waals surface area contributed by atoms with Gasteiger partial charge in [-0.1, -0.05) is 12.1 Å². The van der Waals surface area contributed by atoms with E-state index in [9.17, 15) is 14.4 Å². The summed E-state index contributed by atoms with van der Waals surface area (Å²) < 4.78 is 5.19. The number of benzene rings is 1. The van der Waals surface area contributed by atoms with Crippen LogP contribution < -0.4 is 0 Å². The molecule has 21 heavy (non-hydrogen) atoms. The SMILES string of the molecule is O=C(O)CC(c1ccco1)N1C(=O)c2ccccc2C1=O. The van der Waals surface area contributed by atoms with Gasteiger partial charge < -0.3 is 9.52 Å². The van der Waals surface area contributed by atoms with E-state index >= 15 is 0 Å². The van der Waals surface area contributed by atoms with Gasteiger partial charge in [0.05, 0.1) is 23.8 Å². The fraction of sp³-hybridized carbons (Fsp3) is 0.133. The van der Waals surface area contributed by atoms with Crippen molar-refractivity contribution in [3.8, 4) is 0 Å². The molecule has 1 aromatic carbocycles. The number of carboxylic acids is 1. The molecule has 0 fully saturated rings. The van der Waals surface area contributed by atoms with Crippen LogP contribution in [0.1, 0.15) is 38.9 Å². The highest BCUT2D eigenvalue weighted by molar-refractivity contribution is 6.21. The summed E-state index contributed by atoms with van der Waals surface area (Å²) in [6, 6.07) is 8.61. The van der Waals surface area contributed by atoms with Crippen LogP contribution in [0.2, 0.25) is 0 Å². The summed E-state index contributed by atoms with van der Waals surface area (Å²) in [5.74, 6) is -1.85. The van der Waals surface area contributed by atoms with E-state index in [1.807, 2.05) is 0 Å². The number of carbonyl (C=O) groups excluding carboxylic acids is 2. The predicted molar refractivity (Wildman–Crippen MR) is 70.6 cm³/mol. The van der Waals surface area contributed by atoms with Crippen LogP contribution in [-0.4, -0.2) is 27.8 Å². The molecule has 2 heterocycles. The highest BCUT2D eigenvalue weighted by Gasteiger charge is 2.42. The minimum Gasteiger partial charge on any atom is -0.481 e. The number of amides is 2. The Morgan fingerprint density at radius 1 is 1.10 bits per heavy atom. The van der Waals surface area contributed by atoms with Gasteiger partial charge in [0, 0.05) is 0 Å². The van der Waals surface area contributed by atoms with Crippen LogP contribution in [0, 0.1) is 0 Å². The molecule has 0 aliphatic carbocycles. The number of carboxylic acid groups (broad SMARTS) is 1. The number of rotatable bonds is 4. The first-order chi connectivity index (χ1) is 10.1. The molecule has 6 heteroatoms. The highest BCUT2D eigenvalue weighted by Crippen LogP contribution is 2.33. The van der Waals surface area contributed by atoms with Crippen LogP contribution in [0.15, 0.2) is 47.1 Å². The van der Waals surface area contributed by atoms with Crippen molar-refractivity contribution in [2.75, 3.05) is 0 Å². The molecule has 0 saturated heterocycles. The fourth-order valence-electron chi connectivity index (χ4n) is 2.46. The van der Waals surface area contributed by atoms with Crippen molar-refractivity contribution in [2.45, 2.75) is 12.5 Å². The van der Waals surface area contributed by atoms with Crippen molar-refractivity contribution in [2.24, 2.45) is 0 Å². The molecule has 0 spiro atoms. The molecule has 1 unspecified atom stereocenters. The van der Waals surface area contributed by atoms with Crippen LogP contribution >= 0.6 is 0 Å². The molecule has 2 amide bonds. The molecule has 1 aromatic heterocycles. The third-order valence-corrected chi connectivity index (χ3v) is 3.38. The number of hydrogen-bond acceptors (Lipinski definition) is 4. The van der Waals surface area contributed by atoms with Gasteiger partial charge in [0.25, 0.3) is 11.8 Å². The first-order valence-corrected chi connectivity index (χ1v) is 6.31. The number of furan rings is 1. The van der Waals surface area contributed by atoms with Gasteiger partial charge in [0.1, 0.15) is 11.8 Å². The molecule has 1 aliphatic rings. The zero-order valence-corrected chi connectivity index (χ0v) is 10.9. The minimum absolute atomic E-state index is 0.270. The average Bonchev–Trinajstić information content (AvgIpc) is 3.06. The maximum atomic E-state index is 12.4. The molecule has 1 N–H and O–H groups in total. The Balaban J connectivity index is 2.04. The Morgan fingerprint density at radius 2 is 1.71 bits per heavy atom. The molecule has 2 aromatic rings. The number of imide groups is 1.